The van der Waals surface area contributed by atoms with Crippen LogP contribution in [-0.4, -0.2) is 39.0 Å². The third-order valence-electron chi connectivity index (χ3n) is 6.09. The van der Waals surface area contributed by atoms with E-state index in [9.17, 15) is 9.59 Å². The van der Waals surface area contributed by atoms with E-state index in [1.165, 1.54) is 0 Å². The highest BCUT2D eigenvalue weighted by molar-refractivity contribution is 5.96. The van der Waals surface area contributed by atoms with E-state index in [1.54, 1.807) is 6.20 Å². The van der Waals surface area contributed by atoms with Crippen molar-refractivity contribution in [2.75, 3.05) is 6.54 Å². The zero-order valence-corrected chi connectivity index (χ0v) is 14.4. The van der Waals surface area contributed by atoms with Crippen LogP contribution in [0.1, 0.15) is 73.8 Å². The van der Waals surface area contributed by atoms with Gasteiger partial charge in [0.05, 0.1) is 17.5 Å². The SMILES string of the molecule is O=C1CCCCC1C1CCCCCN1C(=O)c1cnn2c1CCC2. The van der Waals surface area contributed by atoms with E-state index in [-0.39, 0.29) is 17.9 Å². The standard InChI is InChI=1S/C19H27N3O2/c23-18-10-4-3-7-14(18)16-8-2-1-5-11-21(16)19(24)15-13-20-22-12-6-9-17(15)22/h13-14,16H,1-12H2. The molecular formula is C19H27N3O2. The average molecular weight is 329 g/mol. The van der Waals surface area contributed by atoms with Gasteiger partial charge in [0.1, 0.15) is 5.78 Å². The third-order valence-corrected chi connectivity index (χ3v) is 6.09. The molecule has 1 saturated carbocycles. The average Bonchev–Trinajstić information content (AvgIpc) is 3.11. The summed E-state index contributed by atoms with van der Waals surface area (Å²) in [7, 11) is 0. The van der Waals surface area contributed by atoms with Crippen molar-refractivity contribution in [3.63, 3.8) is 0 Å². The molecule has 3 aliphatic rings. The molecule has 0 aromatic carbocycles. The minimum atomic E-state index is 0.0597. The highest BCUT2D eigenvalue weighted by Crippen LogP contribution is 2.33. The molecule has 2 atom stereocenters. The number of nitrogens with zero attached hydrogens (tertiary/aromatic N) is 3. The number of likely N-dealkylation sites (tertiary alicyclic amines) is 1. The monoisotopic (exact) mass is 329 g/mol. The van der Waals surface area contributed by atoms with E-state index in [0.29, 0.717) is 12.2 Å². The van der Waals surface area contributed by atoms with Crippen LogP contribution in [0.2, 0.25) is 0 Å². The second-order valence-corrected chi connectivity index (χ2v) is 7.57. The van der Waals surface area contributed by atoms with Crippen molar-refractivity contribution in [3.05, 3.63) is 17.5 Å². The van der Waals surface area contributed by atoms with Crippen LogP contribution in [0.15, 0.2) is 6.20 Å². The van der Waals surface area contributed by atoms with Crippen LogP contribution in [0.3, 0.4) is 0 Å². The first-order chi connectivity index (χ1) is 11.8. The number of carbonyl (C=O) groups excluding carboxylic acids is 2. The third kappa shape index (κ3) is 2.78. The van der Waals surface area contributed by atoms with Crippen molar-refractivity contribution >= 4 is 11.7 Å². The van der Waals surface area contributed by atoms with Crippen molar-refractivity contribution < 1.29 is 9.59 Å². The molecule has 1 saturated heterocycles. The number of amides is 1. The number of hydrogen-bond acceptors (Lipinski definition) is 3. The van der Waals surface area contributed by atoms with Crippen LogP contribution in [0.25, 0.3) is 0 Å². The Balaban J connectivity index is 1.61. The molecule has 1 aromatic heterocycles. The number of fused-ring (bicyclic) bond motifs is 1. The zero-order chi connectivity index (χ0) is 16.5. The quantitative estimate of drug-likeness (QED) is 0.838. The Bertz CT molecular complexity index is 637. The maximum Gasteiger partial charge on any atom is 0.257 e. The van der Waals surface area contributed by atoms with Crippen LogP contribution in [0, 0.1) is 5.92 Å². The molecule has 1 aliphatic carbocycles. The minimum absolute atomic E-state index is 0.0597. The number of Topliss-reactive ketones (excluding diaryl/α,β-unsaturated/α-hetero) is 1. The Labute approximate surface area is 143 Å². The second-order valence-electron chi connectivity index (χ2n) is 7.57. The van der Waals surface area contributed by atoms with Gasteiger partial charge >= 0.3 is 0 Å². The Morgan fingerprint density at radius 1 is 1.00 bits per heavy atom. The lowest BCUT2D eigenvalue weighted by Gasteiger charge is -2.37. The molecule has 2 fully saturated rings. The van der Waals surface area contributed by atoms with E-state index in [4.69, 9.17) is 0 Å². The first-order valence-corrected chi connectivity index (χ1v) is 9.64. The summed E-state index contributed by atoms with van der Waals surface area (Å²) in [6.07, 6.45) is 11.9. The molecule has 5 heteroatoms. The zero-order valence-electron chi connectivity index (χ0n) is 14.4. The number of rotatable bonds is 2. The van der Waals surface area contributed by atoms with Crippen molar-refractivity contribution in [3.8, 4) is 0 Å². The summed E-state index contributed by atoms with van der Waals surface area (Å²) in [5.74, 6) is 0.555. The topological polar surface area (TPSA) is 55.2 Å². The van der Waals surface area contributed by atoms with Gasteiger partial charge in [-0.1, -0.05) is 19.3 Å². The van der Waals surface area contributed by atoms with Crippen LogP contribution < -0.4 is 0 Å². The first-order valence-electron chi connectivity index (χ1n) is 9.64. The molecule has 0 spiro atoms. The maximum atomic E-state index is 13.3. The summed E-state index contributed by atoms with van der Waals surface area (Å²) in [6, 6.07) is 0.102. The Morgan fingerprint density at radius 2 is 1.88 bits per heavy atom. The number of carbonyl (C=O) groups is 2. The second kappa shape index (κ2) is 6.69. The number of aryl methyl sites for hydroxylation is 1. The minimum Gasteiger partial charge on any atom is -0.335 e. The summed E-state index contributed by atoms with van der Waals surface area (Å²) in [6.45, 7) is 1.71. The lowest BCUT2D eigenvalue weighted by atomic mass is 9.80. The molecule has 0 N–H and O–H groups in total. The van der Waals surface area contributed by atoms with Gasteiger partial charge in [-0.15, -0.1) is 0 Å². The van der Waals surface area contributed by atoms with Gasteiger partial charge in [-0.3, -0.25) is 14.3 Å². The highest BCUT2D eigenvalue weighted by atomic mass is 16.2. The van der Waals surface area contributed by atoms with E-state index in [1.807, 2.05) is 9.58 Å². The summed E-state index contributed by atoms with van der Waals surface area (Å²) < 4.78 is 1.98. The van der Waals surface area contributed by atoms with E-state index in [2.05, 4.69) is 5.10 Å². The van der Waals surface area contributed by atoms with Crippen molar-refractivity contribution in [1.29, 1.82) is 0 Å². The first kappa shape index (κ1) is 15.9. The summed E-state index contributed by atoms with van der Waals surface area (Å²) in [4.78, 5) is 27.8. The van der Waals surface area contributed by atoms with Crippen LogP contribution in [-0.2, 0) is 17.8 Å². The molecule has 2 aliphatic heterocycles. The van der Waals surface area contributed by atoms with E-state index >= 15 is 0 Å². The van der Waals surface area contributed by atoms with Gasteiger partial charge in [0.15, 0.2) is 0 Å². The molecule has 0 radical (unpaired) electrons. The van der Waals surface area contributed by atoms with Gasteiger partial charge in [-0.05, 0) is 38.5 Å². The smallest absolute Gasteiger partial charge is 0.257 e. The van der Waals surface area contributed by atoms with Crippen LogP contribution in [0.4, 0.5) is 0 Å². The lowest BCUT2D eigenvalue weighted by molar-refractivity contribution is -0.126. The van der Waals surface area contributed by atoms with E-state index in [0.717, 1.165) is 82.1 Å². The van der Waals surface area contributed by atoms with Gasteiger partial charge in [-0.25, -0.2) is 0 Å². The molecular weight excluding hydrogens is 302 g/mol. The van der Waals surface area contributed by atoms with Crippen molar-refractivity contribution in [1.82, 2.24) is 14.7 Å². The highest BCUT2D eigenvalue weighted by Gasteiger charge is 2.38. The lowest BCUT2D eigenvalue weighted by Crippen LogP contribution is -2.47. The van der Waals surface area contributed by atoms with Crippen LogP contribution >= 0.6 is 0 Å². The van der Waals surface area contributed by atoms with Crippen molar-refractivity contribution in [2.45, 2.75) is 76.8 Å². The molecule has 1 amide bonds. The van der Waals surface area contributed by atoms with Gasteiger partial charge in [0.25, 0.3) is 5.91 Å². The molecule has 4 rings (SSSR count). The van der Waals surface area contributed by atoms with E-state index < -0.39 is 0 Å². The summed E-state index contributed by atoms with van der Waals surface area (Å²) in [5, 5.41) is 4.39. The van der Waals surface area contributed by atoms with Crippen LogP contribution in [0.5, 0.6) is 0 Å². The molecule has 0 bridgehead atoms. The fraction of sp³-hybridized carbons (Fsp3) is 0.737. The largest absolute Gasteiger partial charge is 0.335 e. The summed E-state index contributed by atoms with van der Waals surface area (Å²) >= 11 is 0. The number of hydrogen-bond donors (Lipinski definition) is 0. The number of ketones is 1. The predicted molar refractivity (Wildman–Crippen MR) is 90.8 cm³/mol. The Hall–Kier alpha value is -1.65. The van der Waals surface area contributed by atoms with Gasteiger partial charge < -0.3 is 4.90 Å². The van der Waals surface area contributed by atoms with Gasteiger partial charge in [0.2, 0.25) is 0 Å². The number of aromatic nitrogens is 2. The molecule has 24 heavy (non-hydrogen) atoms. The fourth-order valence-corrected chi connectivity index (χ4v) is 4.82. The summed E-state index contributed by atoms with van der Waals surface area (Å²) in [5.41, 5.74) is 1.88. The normalized spacial score (nSPS) is 27.8. The van der Waals surface area contributed by atoms with Gasteiger partial charge in [-0.2, -0.15) is 5.10 Å². The Kier molecular flexibility index (Phi) is 4.42. The van der Waals surface area contributed by atoms with Crippen molar-refractivity contribution in [2.24, 2.45) is 5.92 Å². The predicted octanol–water partition coefficient (Wildman–Crippen LogP) is 2.97. The molecule has 130 valence electrons. The molecule has 2 unspecified atom stereocenters. The molecule has 1 aromatic rings. The van der Waals surface area contributed by atoms with Gasteiger partial charge in [0, 0.05) is 31.5 Å². The molecule has 3 heterocycles. The molecule has 5 nitrogen and oxygen atoms in total. The maximum absolute atomic E-state index is 13.3. The fourth-order valence-electron chi connectivity index (χ4n) is 4.82. The Morgan fingerprint density at radius 3 is 2.75 bits per heavy atom.